The van der Waals surface area contributed by atoms with Gasteiger partial charge in [0.1, 0.15) is 6.04 Å². The smallest absolute Gasteiger partial charge is 0.423 e. The summed E-state index contributed by atoms with van der Waals surface area (Å²) in [6.45, 7) is 9.80. The van der Waals surface area contributed by atoms with Gasteiger partial charge >= 0.3 is 7.12 Å². The van der Waals surface area contributed by atoms with Crippen LogP contribution in [0.5, 0.6) is 0 Å². The van der Waals surface area contributed by atoms with Gasteiger partial charge in [-0.25, -0.2) is 0 Å². The first-order chi connectivity index (χ1) is 27.7. The number of amides is 3. The molecular weight excluding hydrogens is 713 g/mol. The van der Waals surface area contributed by atoms with Crippen LogP contribution in [0, 0.1) is 5.92 Å². The first kappa shape index (κ1) is 38.6. The molecule has 4 aromatic carbocycles. The number of allylic oxidation sites excluding steroid dienone is 1. The Morgan fingerprint density at radius 1 is 0.737 bits per heavy atom. The quantitative estimate of drug-likeness (QED) is 0.112. The van der Waals surface area contributed by atoms with E-state index in [9.17, 15) is 24.4 Å². The monoisotopic (exact) mass is 765 g/mol. The van der Waals surface area contributed by atoms with Gasteiger partial charge in [0.25, 0.3) is 5.91 Å². The van der Waals surface area contributed by atoms with Gasteiger partial charge in [-0.1, -0.05) is 73.7 Å². The lowest BCUT2D eigenvalue weighted by atomic mass is 9.79. The maximum absolute atomic E-state index is 13.1. The lowest BCUT2D eigenvalue weighted by Gasteiger charge is -2.38. The lowest BCUT2D eigenvalue weighted by Crippen LogP contribution is -2.52. The molecule has 0 aliphatic carbocycles. The predicted molar refractivity (Wildman–Crippen MR) is 226 cm³/mol. The van der Waals surface area contributed by atoms with Crippen LogP contribution in [-0.2, 0) is 16.1 Å². The summed E-state index contributed by atoms with van der Waals surface area (Å²) in [5, 5.41) is 21.8. The van der Waals surface area contributed by atoms with Crippen molar-refractivity contribution in [3.63, 3.8) is 0 Å². The molecule has 8 rings (SSSR count). The van der Waals surface area contributed by atoms with Gasteiger partial charge in [-0.3, -0.25) is 24.6 Å². The van der Waals surface area contributed by atoms with Gasteiger partial charge < -0.3 is 24.7 Å². The zero-order chi connectivity index (χ0) is 39.5. The van der Waals surface area contributed by atoms with Crippen molar-refractivity contribution in [1.82, 2.24) is 15.1 Å². The van der Waals surface area contributed by atoms with Crippen molar-refractivity contribution in [3.05, 3.63) is 125 Å². The minimum Gasteiger partial charge on any atom is -0.423 e. The van der Waals surface area contributed by atoms with Crippen LogP contribution < -0.4 is 20.6 Å². The Labute approximate surface area is 335 Å². The van der Waals surface area contributed by atoms with Crippen molar-refractivity contribution in [2.24, 2.45) is 5.92 Å². The maximum Gasteiger partial charge on any atom is 0.488 e. The normalized spacial score (nSPS) is 19.7. The molecular formula is C46H52BN5O5. The number of hydrogen-bond acceptors (Lipinski definition) is 8. The minimum absolute atomic E-state index is 0.124. The minimum atomic E-state index is -1.49. The van der Waals surface area contributed by atoms with Crippen molar-refractivity contribution in [3.8, 4) is 0 Å². The van der Waals surface area contributed by atoms with E-state index in [4.69, 9.17) is 0 Å². The van der Waals surface area contributed by atoms with Crippen molar-refractivity contribution < 1.29 is 24.4 Å². The summed E-state index contributed by atoms with van der Waals surface area (Å²) in [6.07, 6.45) is 5.00. The van der Waals surface area contributed by atoms with Gasteiger partial charge in [0.15, 0.2) is 0 Å². The molecule has 4 heterocycles. The van der Waals surface area contributed by atoms with E-state index >= 15 is 0 Å². The van der Waals surface area contributed by atoms with Crippen LogP contribution >= 0.6 is 0 Å². The molecule has 0 aromatic heterocycles. The van der Waals surface area contributed by atoms with E-state index in [1.54, 1.807) is 17.0 Å². The number of anilines is 2. The molecule has 3 saturated heterocycles. The number of hydrogen-bond donors (Lipinski definition) is 3. The molecule has 0 bridgehead atoms. The Morgan fingerprint density at radius 3 is 2.04 bits per heavy atom. The number of piperazine rings is 1. The van der Waals surface area contributed by atoms with Crippen molar-refractivity contribution in [2.75, 3.05) is 55.6 Å². The van der Waals surface area contributed by atoms with Gasteiger partial charge in [-0.15, -0.1) is 0 Å². The fourth-order valence-corrected chi connectivity index (χ4v) is 9.17. The van der Waals surface area contributed by atoms with Crippen molar-refractivity contribution in [1.29, 1.82) is 0 Å². The van der Waals surface area contributed by atoms with E-state index in [1.165, 1.54) is 23.2 Å². The number of imide groups is 1. The predicted octanol–water partition coefficient (Wildman–Crippen LogP) is 4.93. The molecule has 1 atom stereocenters. The standard InChI is InChI=1S/C46H52BN5O5/c1-2-40(33-6-4-3-5-7-33)44(34-8-12-37(13-9-34)47(56)57)35-10-14-38(15-11-35)51-28-26-49(27-29-51)23-20-32-21-24-50(25-22-32)39-16-17-41-36(30-39)31-52(46(41)55)42-18-19-43(53)48-45(42)54/h3-17,30,32,42,56-57H,2,18-29,31H2,1H3,(H,48,53,54)/b44-40-. The number of fused-ring (bicyclic) bond motifs is 1. The molecule has 3 N–H and O–H groups in total. The molecule has 0 spiro atoms. The summed E-state index contributed by atoms with van der Waals surface area (Å²) in [4.78, 5) is 46.4. The molecule has 0 radical (unpaired) electrons. The molecule has 4 aliphatic rings. The number of piperidine rings is 2. The highest BCUT2D eigenvalue weighted by Gasteiger charge is 2.39. The summed E-state index contributed by atoms with van der Waals surface area (Å²) >= 11 is 0. The third kappa shape index (κ3) is 8.42. The number of carbonyl (C=O) groups excluding carboxylic acids is 3. The Bertz CT molecular complexity index is 2110. The first-order valence-corrected chi connectivity index (χ1v) is 20.6. The third-order valence-electron chi connectivity index (χ3n) is 12.5. The Balaban J connectivity index is 0.831. The first-order valence-electron chi connectivity index (χ1n) is 20.6. The second-order valence-electron chi connectivity index (χ2n) is 15.9. The highest BCUT2D eigenvalue weighted by Crippen LogP contribution is 2.36. The topological polar surface area (TPSA) is 117 Å². The van der Waals surface area contributed by atoms with Gasteiger partial charge in [0, 0.05) is 69.2 Å². The van der Waals surface area contributed by atoms with Crippen LogP contribution in [0.1, 0.15) is 78.1 Å². The number of nitrogens with zero attached hydrogens (tertiary/aromatic N) is 4. The fourth-order valence-electron chi connectivity index (χ4n) is 9.17. The van der Waals surface area contributed by atoms with Crippen LogP contribution in [0.2, 0.25) is 0 Å². The van der Waals surface area contributed by atoms with Crippen LogP contribution in [0.4, 0.5) is 11.4 Å². The summed E-state index contributed by atoms with van der Waals surface area (Å²) in [5.74, 6) is -0.0720. The summed E-state index contributed by atoms with van der Waals surface area (Å²) < 4.78 is 0. The molecule has 4 aromatic rings. The molecule has 1 unspecified atom stereocenters. The average Bonchev–Trinajstić information content (AvgIpc) is 3.57. The van der Waals surface area contributed by atoms with Crippen LogP contribution in [-0.4, -0.2) is 96.5 Å². The average molecular weight is 766 g/mol. The second kappa shape index (κ2) is 17.1. The van der Waals surface area contributed by atoms with E-state index in [-0.39, 0.29) is 24.1 Å². The van der Waals surface area contributed by atoms with Crippen molar-refractivity contribution in [2.45, 2.75) is 58.0 Å². The van der Waals surface area contributed by atoms with Crippen molar-refractivity contribution >= 4 is 52.8 Å². The molecule has 3 amide bonds. The number of nitrogens with one attached hydrogen (secondary N) is 1. The number of carbonyl (C=O) groups is 3. The second-order valence-corrected chi connectivity index (χ2v) is 15.9. The zero-order valence-corrected chi connectivity index (χ0v) is 32.8. The lowest BCUT2D eigenvalue weighted by molar-refractivity contribution is -0.136. The van der Waals surface area contributed by atoms with Crippen LogP contribution in [0.25, 0.3) is 11.1 Å². The van der Waals surface area contributed by atoms with E-state index in [2.05, 4.69) is 81.5 Å². The zero-order valence-electron chi connectivity index (χ0n) is 32.8. The van der Waals surface area contributed by atoms with Gasteiger partial charge in [-0.2, -0.15) is 0 Å². The van der Waals surface area contributed by atoms with E-state index in [0.717, 1.165) is 93.0 Å². The molecule has 10 nitrogen and oxygen atoms in total. The summed E-state index contributed by atoms with van der Waals surface area (Å²) in [5.41, 5.74) is 10.3. The largest absolute Gasteiger partial charge is 0.488 e. The molecule has 294 valence electrons. The summed E-state index contributed by atoms with van der Waals surface area (Å²) in [6, 6.07) is 32.5. The number of benzene rings is 4. The van der Waals surface area contributed by atoms with Gasteiger partial charge in [0.05, 0.1) is 0 Å². The van der Waals surface area contributed by atoms with Crippen LogP contribution in [0.3, 0.4) is 0 Å². The molecule has 11 heteroatoms. The third-order valence-corrected chi connectivity index (χ3v) is 12.5. The summed E-state index contributed by atoms with van der Waals surface area (Å²) in [7, 11) is -1.49. The highest BCUT2D eigenvalue weighted by molar-refractivity contribution is 6.58. The fraction of sp³-hybridized carbons (Fsp3) is 0.370. The Morgan fingerprint density at radius 2 is 1.39 bits per heavy atom. The van der Waals surface area contributed by atoms with Crippen LogP contribution in [0.15, 0.2) is 97.1 Å². The molecule has 3 fully saturated rings. The Kier molecular flexibility index (Phi) is 11.6. The van der Waals surface area contributed by atoms with E-state index < -0.39 is 13.2 Å². The molecule has 57 heavy (non-hydrogen) atoms. The van der Waals surface area contributed by atoms with E-state index in [0.29, 0.717) is 29.9 Å². The van der Waals surface area contributed by atoms with Gasteiger partial charge in [0.2, 0.25) is 11.8 Å². The maximum atomic E-state index is 13.1. The molecule has 4 aliphatic heterocycles. The number of rotatable bonds is 11. The Hall–Kier alpha value is -5.23. The molecule has 0 saturated carbocycles. The SMILES string of the molecule is CC/C(=C(\c1ccc(B(O)O)cc1)c1ccc(N2CCN(CCC3CCN(c4ccc5c(c4)CN(C4CCC(=O)NC4=O)C5=O)CC3)CC2)cc1)c1ccccc1. The highest BCUT2D eigenvalue weighted by atomic mass is 16.4. The van der Waals surface area contributed by atoms with E-state index in [1.807, 2.05) is 30.3 Å². The van der Waals surface area contributed by atoms with Gasteiger partial charge in [-0.05, 0) is 114 Å².